The Balaban J connectivity index is 1.83. The lowest BCUT2D eigenvalue weighted by Gasteiger charge is -2.07. The summed E-state index contributed by atoms with van der Waals surface area (Å²) < 4.78 is 31.9. The first kappa shape index (κ1) is 17.0. The Morgan fingerprint density at radius 3 is 2.59 bits per heavy atom. The van der Waals surface area contributed by atoms with E-state index in [1.165, 1.54) is 0 Å². The van der Waals surface area contributed by atoms with Crippen molar-refractivity contribution < 1.29 is 12.9 Å². The number of nitrogens with zero attached hydrogens (tertiary/aromatic N) is 1. The van der Waals surface area contributed by atoms with Gasteiger partial charge >= 0.3 is 0 Å². The van der Waals surface area contributed by atoms with Gasteiger partial charge in [0.2, 0.25) is 10.0 Å². The predicted octanol–water partition coefficient (Wildman–Crippen LogP) is 3.25. The van der Waals surface area contributed by atoms with Crippen LogP contribution in [0.2, 0.25) is 5.02 Å². The van der Waals surface area contributed by atoms with Gasteiger partial charge in [-0.25, -0.2) is 13.1 Å². The molecule has 0 bridgehead atoms. The predicted molar refractivity (Wildman–Crippen MR) is 85.6 cm³/mol. The molecule has 22 heavy (non-hydrogen) atoms. The Morgan fingerprint density at radius 1 is 1.23 bits per heavy atom. The van der Waals surface area contributed by atoms with Gasteiger partial charge in [-0.15, -0.1) is 0 Å². The first-order valence-electron chi connectivity index (χ1n) is 7.08. The van der Waals surface area contributed by atoms with Crippen LogP contribution in [0.1, 0.15) is 29.9 Å². The van der Waals surface area contributed by atoms with Crippen molar-refractivity contribution in [1.29, 1.82) is 0 Å². The molecule has 0 aliphatic heterocycles. The second-order valence-electron chi connectivity index (χ2n) is 5.10. The summed E-state index contributed by atoms with van der Waals surface area (Å²) in [7, 11) is -3.56. The first-order chi connectivity index (χ1) is 10.4. The molecule has 0 saturated carbocycles. The smallest absolute Gasteiger partial charge is 0.245 e. The Kier molecular flexibility index (Phi) is 5.61. The van der Waals surface area contributed by atoms with E-state index in [0.29, 0.717) is 18.0 Å². The average molecular weight is 343 g/mol. The van der Waals surface area contributed by atoms with E-state index in [9.17, 15) is 8.42 Å². The molecular weight excluding hydrogens is 324 g/mol. The van der Waals surface area contributed by atoms with Crippen molar-refractivity contribution in [3.8, 4) is 0 Å². The monoisotopic (exact) mass is 342 g/mol. The molecule has 0 radical (unpaired) electrons. The molecule has 0 aliphatic rings. The summed E-state index contributed by atoms with van der Waals surface area (Å²) in [5.41, 5.74) is 1.46. The van der Waals surface area contributed by atoms with Crippen molar-refractivity contribution >= 4 is 21.6 Å². The van der Waals surface area contributed by atoms with Crippen molar-refractivity contribution in [2.24, 2.45) is 0 Å². The Hall–Kier alpha value is -1.37. The Labute approximate surface area is 135 Å². The highest BCUT2D eigenvalue weighted by Gasteiger charge is 2.23. The van der Waals surface area contributed by atoms with Crippen LogP contribution in [0, 0.1) is 13.8 Å². The summed E-state index contributed by atoms with van der Waals surface area (Å²) in [5.74, 6) is 0.307. The number of sulfonamides is 1. The van der Waals surface area contributed by atoms with E-state index in [0.717, 1.165) is 29.8 Å². The number of halogens is 1. The molecule has 7 heteroatoms. The molecule has 2 aromatic rings. The molecule has 0 amide bonds. The summed E-state index contributed by atoms with van der Waals surface area (Å²) in [4.78, 5) is 0.138. The van der Waals surface area contributed by atoms with Gasteiger partial charge in [0.05, 0.1) is 0 Å². The van der Waals surface area contributed by atoms with Crippen LogP contribution in [-0.2, 0) is 16.4 Å². The first-order valence-corrected chi connectivity index (χ1v) is 8.94. The maximum Gasteiger partial charge on any atom is 0.245 e. The van der Waals surface area contributed by atoms with Gasteiger partial charge in [-0.05, 0) is 44.7 Å². The van der Waals surface area contributed by atoms with Crippen molar-refractivity contribution in [2.45, 2.75) is 38.0 Å². The number of aromatic nitrogens is 1. The van der Waals surface area contributed by atoms with E-state index in [1.807, 2.05) is 24.3 Å². The lowest BCUT2D eigenvalue weighted by atomic mass is 10.1. The van der Waals surface area contributed by atoms with Gasteiger partial charge in [0.1, 0.15) is 10.6 Å². The maximum absolute atomic E-state index is 12.2. The highest BCUT2D eigenvalue weighted by Crippen LogP contribution is 2.19. The maximum atomic E-state index is 12.2. The van der Waals surface area contributed by atoms with E-state index < -0.39 is 10.0 Å². The second kappa shape index (κ2) is 7.26. The van der Waals surface area contributed by atoms with E-state index in [4.69, 9.17) is 16.1 Å². The van der Waals surface area contributed by atoms with Crippen molar-refractivity contribution in [1.82, 2.24) is 9.88 Å². The van der Waals surface area contributed by atoms with E-state index in [2.05, 4.69) is 9.88 Å². The van der Waals surface area contributed by atoms with E-state index in [1.54, 1.807) is 13.8 Å². The quantitative estimate of drug-likeness (QED) is 0.784. The van der Waals surface area contributed by atoms with Crippen LogP contribution in [0.3, 0.4) is 0 Å². The zero-order valence-electron chi connectivity index (χ0n) is 12.6. The SMILES string of the molecule is Cc1noc(C)c1S(=O)(=O)NCCCCc1ccccc1Cl. The molecule has 2 rings (SSSR count). The minimum atomic E-state index is -3.56. The van der Waals surface area contributed by atoms with Crippen LogP contribution in [-0.4, -0.2) is 20.1 Å². The summed E-state index contributed by atoms with van der Waals surface area (Å²) in [5, 5.41) is 4.42. The minimum Gasteiger partial charge on any atom is -0.360 e. The Bertz CT molecular complexity index is 721. The van der Waals surface area contributed by atoms with Gasteiger partial charge < -0.3 is 4.52 Å². The van der Waals surface area contributed by atoms with Gasteiger partial charge in [-0.1, -0.05) is 35.0 Å². The van der Waals surface area contributed by atoms with Crippen molar-refractivity contribution in [3.05, 3.63) is 46.3 Å². The third kappa shape index (κ3) is 4.09. The molecule has 0 aliphatic carbocycles. The van der Waals surface area contributed by atoms with Gasteiger partial charge in [0.15, 0.2) is 5.76 Å². The molecule has 0 atom stereocenters. The van der Waals surface area contributed by atoms with Crippen molar-refractivity contribution in [2.75, 3.05) is 6.54 Å². The fraction of sp³-hybridized carbons (Fsp3) is 0.400. The number of aryl methyl sites for hydroxylation is 3. The number of benzene rings is 1. The highest BCUT2D eigenvalue weighted by atomic mass is 35.5. The molecule has 1 aromatic heterocycles. The van der Waals surface area contributed by atoms with Crippen molar-refractivity contribution in [3.63, 3.8) is 0 Å². The molecule has 1 heterocycles. The zero-order chi connectivity index (χ0) is 16.2. The molecule has 5 nitrogen and oxygen atoms in total. The van der Waals surface area contributed by atoms with Gasteiger partial charge in [-0.2, -0.15) is 0 Å². The number of nitrogens with one attached hydrogen (secondary N) is 1. The van der Waals surface area contributed by atoms with Gasteiger partial charge in [0.25, 0.3) is 0 Å². The summed E-state index contributed by atoms with van der Waals surface area (Å²) in [6.07, 6.45) is 2.41. The topological polar surface area (TPSA) is 72.2 Å². The molecule has 1 N–H and O–H groups in total. The van der Waals surface area contributed by atoms with Crippen LogP contribution in [0.5, 0.6) is 0 Å². The average Bonchev–Trinajstić information content (AvgIpc) is 2.80. The fourth-order valence-corrected chi connectivity index (χ4v) is 3.91. The molecule has 1 aromatic carbocycles. The standard InChI is InChI=1S/C15H19ClN2O3S/c1-11-15(12(2)21-18-11)22(19,20)17-10-6-5-8-13-7-3-4-9-14(13)16/h3-4,7,9,17H,5-6,8,10H2,1-2H3. The summed E-state index contributed by atoms with van der Waals surface area (Å²) >= 11 is 6.08. The largest absolute Gasteiger partial charge is 0.360 e. The third-order valence-electron chi connectivity index (χ3n) is 3.36. The van der Waals surface area contributed by atoms with Gasteiger partial charge in [0, 0.05) is 11.6 Å². The number of hydrogen-bond donors (Lipinski definition) is 1. The second-order valence-corrected chi connectivity index (χ2v) is 7.21. The van der Waals surface area contributed by atoms with Crippen LogP contribution in [0.25, 0.3) is 0 Å². The molecule has 0 unspecified atom stereocenters. The normalized spacial score (nSPS) is 11.8. The molecular formula is C15H19ClN2O3S. The molecule has 0 saturated heterocycles. The Morgan fingerprint density at radius 2 is 1.95 bits per heavy atom. The highest BCUT2D eigenvalue weighted by molar-refractivity contribution is 7.89. The number of hydrogen-bond acceptors (Lipinski definition) is 4. The number of rotatable bonds is 7. The molecule has 120 valence electrons. The molecule has 0 fully saturated rings. The van der Waals surface area contributed by atoms with Gasteiger partial charge in [-0.3, -0.25) is 0 Å². The van der Waals surface area contributed by atoms with Crippen LogP contribution < -0.4 is 4.72 Å². The summed E-state index contributed by atoms with van der Waals surface area (Å²) in [6.45, 7) is 3.57. The fourth-order valence-electron chi connectivity index (χ4n) is 2.28. The summed E-state index contributed by atoms with van der Waals surface area (Å²) in [6, 6.07) is 7.68. The van der Waals surface area contributed by atoms with E-state index in [-0.39, 0.29) is 4.90 Å². The van der Waals surface area contributed by atoms with Crippen LogP contribution in [0.15, 0.2) is 33.7 Å². The number of unbranched alkanes of at least 4 members (excludes halogenated alkanes) is 1. The van der Waals surface area contributed by atoms with Crippen LogP contribution in [0.4, 0.5) is 0 Å². The zero-order valence-corrected chi connectivity index (χ0v) is 14.2. The molecule has 0 spiro atoms. The minimum absolute atomic E-state index is 0.138. The van der Waals surface area contributed by atoms with Crippen LogP contribution >= 0.6 is 11.6 Å². The lowest BCUT2D eigenvalue weighted by Crippen LogP contribution is -2.25. The van der Waals surface area contributed by atoms with E-state index >= 15 is 0 Å². The lowest BCUT2D eigenvalue weighted by molar-refractivity contribution is 0.390. The third-order valence-corrected chi connectivity index (χ3v) is 5.43.